The lowest BCUT2D eigenvalue weighted by molar-refractivity contribution is -0.193. The van der Waals surface area contributed by atoms with E-state index in [0.717, 1.165) is 37.1 Å². The molecule has 1 saturated heterocycles. The van der Waals surface area contributed by atoms with Crippen molar-refractivity contribution < 1.29 is 27.5 Å². The van der Waals surface area contributed by atoms with E-state index in [1.54, 1.807) is 0 Å². The van der Waals surface area contributed by atoms with Crippen molar-refractivity contribution >= 4 is 11.9 Å². The van der Waals surface area contributed by atoms with Crippen LogP contribution in [0.15, 0.2) is 18.2 Å². The number of esters is 2. The van der Waals surface area contributed by atoms with Gasteiger partial charge in [-0.1, -0.05) is 26.8 Å². The summed E-state index contributed by atoms with van der Waals surface area (Å²) in [6, 6.07) is 4.93. The summed E-state index contributed by atoms with van der Waals surface area (Å²) >= 11 is 0. The molecule has 1 fully saturated rings. The van der Waals surface area contributed by atoms with Crippen LogP contribution in [0.1, 0.15) is 55.1 Å². The van der Waals surface area contributed by atoms with Gasteiger partial charge in [-0.05, 0) is 54.6 Å². The normalized spacial score (nSPS) is 16.1. The molecule has 0 radical (unpaired) electrons. The van der Waals surface area contributed by atoms with Crippen molar-refractivity contribution in [3.63, 3.8) is 0 Å². The number of hydrogen-bond donors (Lipinski definition) is 0. The second-order valence-electron chi connectivity index (χ2n) is 7.33. The average molecular weight is 357 g/mol. The predicted octanol–water partition coefficient (Wildman–Crippen LogP) is 3.83. The van der Waals surface area contributed by atoms with E-state index in [1.807, 2.05) is 26.8 Å². The molecule has 0 atom stereocenters. The third-order valence-corrected chi connectivity index (χ3v) is 4.12. The van der Waals surface area contributed by atoms with E-state index in [-0.39, 0.29) is 11.0 Å². The van der Waals surface area contributed by atoms with E-state index in [4.69, 9.17) is 0 Å². The van der Waals surface area contributed by atoms with Crippen molar-refractivity contribution in [2.75, 3.05) is 13.1 Å². The molecule has 2 rings (SSSR count). The number of hydrogen-bond acceptors (Lipinski definition) is 4. The van der Waals surface area contributed by atoms with Crippen LogP contribution in [0.3, 0.4) is 0 Å². The van der Waals surface area contributed by atoms with Crippen LogP contribution in [-0.2, 0) is 21.5 Å². The minimum atomic E-state index is -5.20. The first-order valence-corrected chi connectivity index (χ1v) is 8.17. The summed E-state index contributed by atoms with van der Waals surface area (Å²) in [4.78, 5) is 25.2. The van der Waals surface area contributed by atoms with E-state index >= 15 is 0 Å². The monoisotopic (exact) mass is 357 g/mol. The molecule has 0 unspecified atom stereocenters. The van der Waals surface area contributed by atoms with Gasteiger partial charge in [-0.15, -0.1) is 0 Å². The fourth-order valence-electron chi connectivity index (χ4n) is 2.73. The van der Waals surface area contributed by atoms with Gasteiger partial charge in [0.05, 0.1) is 5.56 Å². The molecule has 0 N–H and O–H groups in total. The second-order valence-corrected chi connectivity index (χ2v) is 7.33. The Hall–Kier alpha value is -1.89. The Bertz CT molecular complexity index is 657. The van der Waals surface area contributed by atoms with Crippen molar-refractivity contribution in [2.45, 2.75) is 51.7 Å². The number of rotatable bonds is 3. The molecule has 4 nitrogen and oxygen atoms in total. The topological polar surface area (TPSA) is 46.6 Å². The molecule has 7 heteroatoms. The molecule has 0 bridgehead atoms. The van der Waals surface area contributed by atoms with Gasteiger partial charge < -0.3 is 4.74 Å². The van der Waals surface area contributed by atoms with Crippen LogP contribution in [0.2, 0.25) is 0 Å². The number of likely N-dealkylation sites (tertiary alicyclic amines) is 1. The summed E-state index contributed by atoms with van der Waals surface area (Å²) in [6.45, 7) is 8.34. The zero-order chi connectivity index (χ0) is 18.8. The van der Waals surface area contributed by atoms with Gasteiger partial charge in [0.15, 0.2) is 0 Å². The smallest absolute Gasteiger partial charge is 0.383 e. The standard InChI is InChI=1S/C18H22F3NO3/c1-17(2,3)14-9-12(11-22-6-4-5-7-22)8-13(10-14)15(23)25-16(24)18(19,20)21/h8-10H,4-7,11H2,1-3H3. The number of benzene rings is 1. The molecule has 0 aromatic heterocycles. The summed E-state index contributed by atoms with van der Waals surface area (Å²) in [6.07, 6.45) is -2.99. The fourth-order valence-corrected chi connectivity index (χ4v) is 2.73. The molecule has 1 aromatic rings. The number of ether oxygens (including phenoxy) is 1. The highest BCUT2D eigenvalue weighted by Crippen LogP contribution is 2.27. The van der Waals surface area contributed by atoms with Crippen molar-refractivity contribution in [1.82, 2.24) is 4.90 Å². The van der Waals surface area contributed by atoms with Gasteiger partial charge in [0.1, 0.15) is 0 Å². The molecule has 138 valence electrons. The molecular weight excluding hydrogens is 335 g/mol. The van der Waals surface area contributed by atoms with Crippen molar-refractivity contribution in [3.8, 4) is 0 Å². The van der Waals surface area contributed by atoms with Gasteiger partial charge >= 0.3 is 18.1 Å². The lowest BCUT2D eigenvalue weighted by Gasteiger charge is -2.22. The maximum atomic E-state index is 12.3. The molecular formula is C18H22F3NO3. The summed E-state index contributed by atoms with van der Waals surface area (Å²) in [7, 11) is 0. The highest BCUT2D eigenvalue weighted by molar-refractivity contribution is 5.98. The quantitative estimate of drug-likeness (QED) is 0.609. The first kappa shape index (κ1) is 19.4. The van der Waals surface area contributed by atoms with Crippen LogP contribution >= 0.6 is 0 Å². The van der Waals surface area contributed by atoms with Crippen LogP contribution in [0.25, 0.3) is 0 Å². The SMILES string of the molecule is CC(C)(C)c1cc(CN2CCCC2)cc(C(=O)OC(=O)C(F)(F)F)c1. The molecule has 25 heavy (non-hydrogen) atoms. The highest BCUT2D eigenvalue weighted by Gasteiger charge is 2.42. The molecule has 1 heterocycles. The van der Waals surface area contributed by atoms with Crippen molar-refractivity contribution in [3.05, 3.63) is 34.9 Å². The Morgan fingerprint density at radius 2 is 1.68 bits per heavy atom. The number of nitrogens with zero attached hydrogens (tertiary/aromatic N) is 1. The lowest BCUT2D eigenvalue weighted by Crippen LogP contribution is -2.28. The van der Waals surface area contributed by atoms with Gasteiger partial charge in [-0.2, -0.15) is 13.2 Å². The number of carbonyl (C=O) groups is 2. The Morgan fingerprint density at radius 3 is 2.20 bits per heavy atom. The van der Waals surface area contributed by atoms with Gasteiger partial charge in [0, 0.05) is 6.54 Å². The van der Waals surface area contributed by atoms with E-state index < -0.39 is 18.1 Å². The minimum absolute atomic E-state index is 0.0424. The molecule has 1 aliphatic rings. The van der Waals surface area contributed by atoms with E-state index in [2.05, 4.69) is 9.64 Å². The van der Waals surface area contributed by atoms with Crippen molar-refractivity contribution in [1.29, 1.82) is 0 Å². The van der Waals surface area contributed by atoms with E-state index in [1.165, 1.54) is 12.1 Å². The largest absolute Gasteiger partial charge is 0.491 e. The minimum Gasteiger partial charge on any atom is -0.383 e. The highest BCUT2D eigenvalue weighted by atomic mass is 19.4. The molecule has 0 aliphatic carbocycles. The predicted molar refractivity (Wildman–Crippen MR) is 86.1 cm³/mol. The molecule has 1 aliphatic heterocycles. The maximum absolute atomic E-state index is 12.3. The third kappa shape index (κ3) is 5.29. The van der Waals surface area contributed by atoms with Crippen LogP contribution < -0.4 is 0 Å². The van der Waals surface area contributed by atoms with Crippen LogP contribution in [0.4, 0.5) is 13.2 Å². The van der Waals surface area contributed by atoms with Gasteiger partial charge in [0.2, 0.25) is 0 Å². The van der Waals surface area contributed by atoms with Crippen LogP contribution in [-0.4, -0.2) is 36.1 Å². The molecule has 0 spiro atoms. The molecule has 0 saturated carbocycles. The zero-order valence-corrected chi connectivity index (χ0v) is 14.6. The summed E-state index contributed by atoms with van der Waals surface area (Å²) in [5.41, 5.74) is 1.28. The number of halogens is 3. The average Bonchev–Trinajstić information content (AvgIpc) is 2.97. The maximum Gasteiger partial charge on any atom is 0.491 e. The second kappa shape index (κ2) is 7.15. The Labute approximate surface area is 144 Å². The Morgan fingerprint density at radius 1 is 1.08 bits per heavy atom. The summed E-state index contributed by atoms with van der Waals surface area (Å²) < 4.78 is 40.9. The summed E-state index contributed by atoms with van der Waals surface area (Å²) in [5.74, 6) is -3.78. The van der Waals surface area contributed by atoms with Crippen LogP contribution in [0.5, 0.6) is 0 Å². The first-order valence-electron chi connectivity index (χ1n) is 8.17. The third-order valence-electron chi connectivity index (χ3n) is 4.12. The lowest BCUT2D eigenvalue weighted by atomic mass is 9.85. The van der Waals surface area contributed by atoms with Crippen LogP contribution in [0, 0.1) is 0 Å². The van der Waals surface area contributed by atoms with Gasteiger partial charge in [0.25, 0.3) is 0 Å². The van der Waals surface area contributed by atoms with Gasteiger partial charge in [-0.25, -0.2) is 9.59 Å². The Kier molecular flexibility index (Phi) is 5.56. The Balaban J connectivity index is 2.29. The van der Waals surface area contributed by atoms with E-state index in [0.29, 0.717) is 6.54 Å². The molecule has 1 aromatic carbocycles. The number of alkyl halides is 3. The van der Waals surface area contributed by atoms with Crippen molar-refractivity contribution in [2.24, 2.45) is 0 Å². The van der Waals surface area contributed by atoms with Gasteiger partial charge in [-0.3, -0.25) is 4.90 Å². The first-order chi connectivity index (χ1) is 11.5. The molecule has 0 amide bonds. The zero-order valence-electron chi connectivity index (χ0n) is 14.6. The number of carbonyl (C=O) groups excluding carboxylic acids is 2. The van der Waals surface area contributed by atoms with E-state index in [9.17, 15) is 22.8 Å². The fraction of sp³-hybridized carbons (Fsp3) is 0.556. The summed E-state index contributed by atoms with van der Waals surface area (Å²) in [5, 5.41) is 0.